The lowest BCUT2D eigenvalue weighted by atomic mass is 10.0. The smallest absolute Gasteiger partial charge is 0.242 e. The summed E-state index contributed by atoms with van der Waals surface area (Å²) in [5, 5.41) is 3.06. The highest BCUT2D eigenvalue weighted by atomic mass is 16.3. The molecule has 1 aliphatic rings. The molecule has 4 nitrogen and oxygen atoms in total. The van der Waals surface area contributed by atoms with Crippen LogP contribution < -0.4 is 5.32 Å². The molecule has 0 spiro atoms. The van der Waals surface area contributed by atoms with E-state index in [1.807, 2.05) is 37.9 Å². The van der Waals surface area contributed by atoms with Gasteiger partial charge in [0.25, 0.3) is 0 Å². The van der Waals surface area contributed by atoms with Crippen LogP contribution in [0.25, 0.3) is 0 Å². The largest absolute Gasteiger partial charge is 0.467 e. The number of likely N-dealkylation sites (N-methyl/N-ethyl adjacent to an activating group) is 1. The highest BCUT2D eigenvalue weighted by Crippen LogP contribution is 2.30. The number of rotatable bonds is 5. The maximum atomic E-state index is 12.4. The molecule has 0 atom stereocenters. The second-order valence-corrected chi connectivity index (χ2v) is 5.12. The van der Waals surface area contributed by atoms with Crippen molar-refractivity contribution in [2.24, 2.45) is 0 Å². The van der Waals surface area contributed by atoms with Gasteiger partial charge in [0.1, 0.15) is 5.76 Å². The standard InChI is InChI=1S/C13H20N2O2/c1-13(2,14-3)12(16)15(10-6-7-10)9-11-5-4-8-17-11/h4-5,8,10,14H,6-7,9H2,1-3H3. The van der Waals surface area contributed by atoms with Crippen molar-refractivity contribution in [3.05, 3.63) is 24.2 Å². The average molecular weight is 236 g/mol. The summed E-state index contributed by atoms with van der Waals surface area (Å²) in [6, 6.07) is 4.16. The zero-order valence-electron chi connectivity index (χ0n) is 10.7. The zero-order chi connectivity index (χ0) is 12.5. The molecular formula is C13H20N2O2. The summed E-state index contributed by atoms with van der Waals surface area (Å²) in [6.45, 7) is 4.39. The molecule has 17 heavy (non-hydrogen) atoms. The third-order valence-electron chi connectivity index (χ3n) is 3.31. The van der Waals surface area contributed by atoms with Crippen LogP contribution in [-0.2, 0) is 11.3 Å². The Kier molecular flexibility index (Phi) is 3.24. The van der Waals surface area contributed by atoms with Gasteiger partial charge in [0.05, 0.1) is 18.3 Å². The first-order valence-electron chi connectivity index (χ1n) is 6.07. The fourth-order valence-electron chi connectivity index (χ4n) is 1.79. The summed E-state index contributed by atoms with van der Waals surface area (Å²) in [5.74, 6) is 0.982. The molecule has 1 aliphatic carbocycles. The Bertz CT molecular complexity index is 380. The molecule has 1 N–H and O–H groups in total. The van der Waals surface area contributed by atoms with Gasteiger partial charge < -0.3 is 14.6 Å². The molecule has 1 aromatic rings. The molecule has 0 aromatic carbocycles. The molecule has 4 heteroatoms. The van der Waals surface area contributed by atoms with Gasteiger partial charge in [-0.1, -0.05) is 0 Å². The van der Waals surface area contributed by atoms with E-state index in [1.54, 1.807) is 6.26 Å². The van der Waals surface area contributed by atoms with Gasteiger partial charge in [-0.25, -0.2) is 0 Å². The normalized spacial score (nSPS) is 15.9. The monoisotopic (exact) mass is 236 g/mol. The van der Waals surface area contributed by atoms with Crippen molar-refractivity contribution in [1.82, 2.24) is 10.2 Å². The van der Waals surface area contributed by atoms with E-state index in [-0.39, 0.29) is 5.91 Å². The number of hydrogen-bond acceptors (Lipinski definition) is 3. The predicted octanol–water partition coefficient (Wildman–Crippen LogP) is 1.77. The molecule has 1 heterocycles. The van der Waals surface area contributed by atoms with Gasteiger partial charge in [-0.15, -0.1) is 0 Å². The number of nitrogens with zero attached hydrogens (tertiary/aromatic N) is 1. The Hall–Kier alpha value is -1.29. The van der Waals surface area contributed by atoms with Crippen LogP contribution in [0.3, 0.4) is 0 Å². The third-order valence-corrected chi connectivity index (χ3v) is 3.31. The first kappa shape index (κ1) is 12.2. The summed E-state index contributed by atoms with van der Waals surface area (Å²) in [5.41, 5.74) is -0.519. The minimum atomic E-state index is -0.519. The van der Waals surface area contributed by atoms with E-state index in [4.69, 9.17) is 4.42 Å². The highest BCUT2D eigenvalue weighted by Gasteiger charge is 2.39. The minimum Gasteiger partial charge on any atom is -0.467 e. The molecule has 1 aromatic heterocycles. The van der Waals surface area contributed by atoms with Crippen molar-refractivity contribution in [2.75, 3.05) is 7.05 Å². The van der Waals surface area contributed by atoms with Crippen molar-refractivity contribution in [2.45, 2.75) is 44.8 Å². The lowest BCUT2D eigenvalue weighted by Gasteiger charge is -2.31. The van der Waals surface area contributed by atoms with E-state index in [0.29, 0.717) is 12.6 Å². The second kappa shape index (κ2) is 4.53. The van der Waals surface area contributed by atoms with Gasteiger partial charge >= 0.3 is 0 Å². The van der Waals surface area contributed by atoms with Crippen LogP contribution in [0.2, 0.25) is 0 Å². The number of carbonyl (C=O) groups is 1. The quantitative estimate of drug-likeness (QED) is 0.847. The van der Waals surface area contributed by atoms with Gasteiger partial charge in [0.15, 0.2) is 0 Å². The Balaban J connectivity index is 2.10. The van der Waals surface area contributed by atoms with Crippen LogP contribution >= 0.6 is 0 Å². The average Bonchev–Trinajstić information content (AvgIpc) is 3.03. The van der Waals surface area contributed by atoms with E-state index >= 15 is 0 Å². The van der Waals surface area contributed by atoms with Gasteiger partial charge in [-0.2, -0.15) is 0 Å². The highest BCUT2D eigenvalue weighted by molar-refractivity contribution is 5.86. The summed E-state index contributed by atoms with van der Waals surface area (Å²) in [7, 11) is 1.82. The Morgan fingerprint density at radius 2 is 2.29 bits per heavy atom. The van der Waals surface area contributed by atoms with Gasteiger partial charge in [0.2, 0.25) is 5.91 Å². The van der Waals surface area contributed by atoms with Crippen molar-refractivity contribution in [3.8, 4) is 0 Å². The van der Waals surface area contributed by atoms with Gasteiger partial charge in [-0.05, 0) is 45.9 Å². The minimum absolute atomic E-state index is 0.138. The lowest BCUT2D eigenvalue weighted by Crippen LogP contribution is -2.53. The van der Waals surface area contributed by atoms with Crippen molar-refractivity contribution < 1.29 is 9.21 Å². The Morgan fingerprint density at radius 3 is 2.76 bits per heavy atom. The van der Waals surface area contributed by atoms with Crippen molar-refractivity contribution in [3.63, 3.8) is 0 Å². The Morgan fingerprint density at radius 1 is 1.59 bits per heavy atom. The molecule has 0 radical (unpaired) electrons. The van der Waals surface area contributed by atoms with Crippen molar-refractivity contribution in [1.29, 1.82) is 0 Å². The molecule has 1 fully saturated rings. The van der Waals surface area contributed by atoms with Crippen LogP contribution in [-0.4, -0.2) is 29.4 Å². The number of furan rings is 1. The number of nitrogens with one attached hydrogen (secondary N) is 1. The molecule has 94 valence electrons. The summed E-state index contributed by atoms with van der Waals surface area (Å²) in [6.07, 6.45) is 3.85. The SMILES string of the molecule is CNC(C)(C)C(=O)N(Cc1ccco1)C1CC1. The van der Waals surface area contributed by atoms with Crippen LogP contribution in [0.1, 0.15) is 32.4 Å². The molecule has 0 aliphatic heterocycles. The third kappa shape index (κ3) is 2.69. The van der Waals surface area contributed by atoms with E-state index < -0.39 is 5.54 Å². The number of hydrogen-bond donors (Lipinski definition) is 1. The summed E-state index contributed by atoms with van der Waals surface area (Å²) in [4.78, 5) is 14.4. The second-order valence-electron chi connectivity index (χ2n) is 5.12. The predicted molar refractivity (Wildman–Crippen MR) is 65.4 cm³/mol. The number of amides is 1. The topological polar surface area (TPSA) is 45.5 Å². The molecule has 1 saturated carbocycles. The molecular weight excluding hydrogens is 216 g/mol. The number of carbonyl (C=O) groups excluding carboxylic acids is 1. The maximum absolute atomic E-state index is 12.4. The zero-order valence-corrected chi connectivity index (χ0v) is 10.7. The fraction of sp³-hybridized carbons (Fsp3) is 0.615. The van der Waals surface area contributed by atoms with E-state index in [1.165, 1.54) is 0 Å². The Labute approximate surface area is 102 Å². The van der Waals surface area contributed by atoms with E-state index in [0.717, 1.165) is 18.6 Å². The molecule has 1 amide bonds. The maximum Gasteiger partial charge on any atom is 0.242 e. The lowest BCUT2D eigenvalue weighted by molar-refractivity contribution is -0.138. The van der Waals surface area contributed by atoms with E-state index in [2.05, 4.69) is 5.32 Å². The fourth-order valence-corrected chi connectivity index (χ4v) is 1.79. The molecule has 0 saturated heterocycles. The van der Waals surface area contributed by atoms with Crippen LogP contribution in [0, 0.1) is 0 Å². The summed E-state index contributed by atoms with van der Waals surface area (Å²) < 4.78 is 5.32. The molecule has 0 bridgehead atoms. The van der Waals surface area contributed by atoms with E-state index in [9.17, 15) is 4.79 Å². The first-order chi connectivity index (χ1) is 8.04. The van der Waals surface area contributed by atoms with Gasteiger partial charge in [0, 0.05) is 6.04 Å². The summed E-state index contributed by atoms with van der Waals surface area (Å²) >= 11 is 0. The molecule has 0 unspecified atom stereocenters. The van der Waals surface area contributed by atoms with Crippen LogP contribution in [0.5, 0.6) is 0 Å². The van der Waals surface area contributed by atoms with Crippen LogP contribution in [0.15, 0.2) is 22.8 Å². The van der Waals surface area contributed by atoms with Crippen LogP contribution in [0.4, 0.5) is 0 Å². The van der Waals surface area contributed by atoms with Gasteiger partial charge in [-0.3, -0.25) is 4.79 Å². The van der Waals surface area contributed by atoms with Crippen molar-refractivity contribution >= 4 is 5.91 Å². The first-order valence-corrected chi connectivity index (χ1v) is 6.07. The molecule has 2 rings (SSSR count).